The zero-order valence-electron chi connectivity index (χ0n) is 1.62. The smallest absolute Gasteiger partial charge is 0 e. The Kier molecular flexibility index (Phi) is 302. The normalized spacial score (nSPS) is 0.571. The molecular formula is H14GaGeInOPbSnZn. The van der Waals surface area contributed by atoms with E-state index < -0.39 is 0 Å². The van der Waals surface area contributed by atoms with Gasteiger partial charge >= 0.3 is 116 Å². The Morgan fingerprint density at radius 1 is 1.14 bits per heavy atom. The third-order valence-corrected chi connectivity index (χ3v) is 0. The molecule has 40 valence electrons. The molecule has 0 aliphatic rings. The molecule has 0 atom stereocenters. The fraction of sp³-hybridized carbons (Fsp3) is 0. The summed E-state index contributed by atoms with van der Waals surface area (Å²) in [5.41, 5.74) is 0. The molecule has 0 heterocycles. The second-order valence-corrected chi connectivity index (χ2v) is 0. The third-order valence-electron chi connectivity index (χ3n) is 0. The molecule has 0 saturated heterocycles. The summed E-state index contributed by atoms with van der Waals surface area (Å²) in [5.74, 6) is 0. The van der Waals surface area contributed by atoms with Crippen molar-refractivity contribution in [2.75, 3.05) is 0 Å². The van der Waals surface area contributed by atoms with Gasteiger partial charge in [0.25, 0.3) is 0 Å². The van der Waals surface area contributed by atoms with E-state index in [1.807, 2.05) is 0 Å². The van der Waals surface area contributed by atoms with Gasteiger partial charge in [-0.1, -0.05) is 0 Å². The fourth-order valence-electron chi connectivity index (χ4n) is 0. The maximum atomic E-state index is 8.39. The van der Waals surface area contributed by atoms with Crippen LogP contribution in [0.2, 0.25) is 0 Å². The molecule has 0 aromatic carbocycles. The minimum absolute atomic E-state index is 0. The number of hydrogen-bond acceptors (Lipinski definition) is 1. The summed E-state index contributed by atoms with van der Waals surface area (Å²) in [4.78, 5) is 0. The number of rotatable bonds is 0. The van der Waals surface area contributed by atoms with Crippen molar-refractivity contribution in [1.29, 1.82) is 0 Å². The molecule has 0 rings (SSSR count). The van der Waals surface area contributed by atoms with Gasteiger partial charge in [-0.3, -0.25) is 0 Å². The summed E-state index contributed by atoms with van der Waals surface area (Å²) < 4.78 is 8.39. The Bertz CT molecular complexity index is 19.7. The van der Waals surface area contributed by atoms with Crippen LogP contribution in [-0.2, 0) is 22.2 Å². The minimum Gasteiger partial charge on any atom is 0 e. The van der Waals surface area contributed by atoms with Gasteiger partial charge in [0.2, 0.25) is 0 Å². The molecule has 0 aromatic heterocycles. The Labute approximate surface area is 132 Å². The Balaban J connectivity index is -0.000000000500. The molecule has 0 aliphatic heterocycles. The summed E-state index contributed by atoms with van der Waals surface area (Å²) in [5, 5.41) is 0. The molecule has 7 heteroatoms. The van der Waals surface area contributed by atoms with Crippen molar-refractivity contribution in [3.63, 3.8) is 0 Å². The van der Waals surface area contributed by atoms with Gasteiger partial charge in [-0.2, -0.15) is 0 Å². The largest absolute Gasteiger partial charge is 0 e. The molecule has 0 bridgehead atoms. The van der Waals surface area contributed by atoms with Gasteiger partial charge in [0.1, 0.15) is 0 Å². The molecule has 2 radical (unpaired) electrons. The second kappa shape index (κ2) is 49.0. The van der Waals surface area contributed by atoms with Crippen LogP contribution in [0.1, 0.15) is 0 Å². The van der Waals surface area contributed by atoms with Crippen LogP contribution in [0.3, 0.4) is 0 Å². The zero-order chi connectivity index (χ0) is 2.00. The molecule has 0 amide bonds. The van der Waals surface area contributed by atoms with Gasteiger partial charge in [0.15, 0.2) is 0 Å². The third kappa shape index (κ3) is 38.9. The monoisotopic (exact) mass is 680 g/mol. The van der Waals surface area contributed by atoms with Crippen molar-refractivity contribution >= 4 is 113 Å². The summed E-state index contributed by atoms with van der Waals surface area (Å²) in [6, 6.07) is 0. The van der Waals surface area contributed by atoms with Crippen molar-refractivity contribution in [1.82, 2.24) is 0 Å². The van der Waals surface area contributed by atoms with Crippen LogP contribution in [0.4, 0.5) is 0 Å². The average molecular weight is 679 g/mol. The van der Waals surface area contributed by atoms with E-state index in [-0.39, 0.29) is 132 Å². The fourth-order valence-corrected chi connectivity index (χ4v) is 0. The quantitative estimate of drug-likeness (QED) is 0.234. The van der Waals surface area contributed by atoms with Crippen LogP contribution in [0.15, 0.2) is 0 Å². The van der Waals surface area contributed by atoms with Crippen molar-refractivity contribution in [2.45, 2.75) is 0 Å². The molecule has 0 N–H and O–H groups in total. The summed E-state index contributed by atoms with van der Waals surface area (Å²) in [6.45, 7) is 0. The molecule has 0 aromatic rings. The maximum absolute atomic E-state index is 8.39. The molecule has 0 aliphatic carbocycles. The van der Waals surface area contributed by atoms with Crippen LogP contribution in [0.5, 0.6) is 0 Å². The van der Waals surface area contributed by atoms with Gasteiger partial charge in [-0.25, -0.2) is 0 Å². The first kappa shape index (κ1) is 43.1. The van der Waals surface area contributed by atoms with Gasteiger partial charge in [-0.15, -0.1) is 0 Å². The maximum Gasteiger partial charge on any atom is 0 e. The zero-order valence-corrected chi connectivity index (χ0v) is 8.47. The van der Waals surface area contributed by atoms with Crippen LogP contribution >= 0.6 is 0 Å². The molecule has 0 unspecified atom stereocenters. The summed E-state index contributed by atoms with van der Waals surface area (Å²) in [7, 11) is 0. The van der Waals surface area contributed by atoms with Crippen molar-refractivity contribution in [3.05, 3.63) is 0 Å². The van der Waals surface area contributed by atoms with Gasteiger partial charge in [-0.05, 0) is 0 Å². The molecule has 0 fully saturated rings. The first-order valence-electron chi connectivity index (χ1n) is 0.204. The minimum atomic E-state index is 0. The molecule has 7 heavy (non-hydrogen) atoms. The van der Waals surface area contributed by atoms with Gasteiger partial charge in [0, 0.05) is 19.5 Å². The summed E-state index contributed by atoms with van der Waals surface area (Å²) >= 11 is 0.0556. The average Bonchev–Trinajstić information content (AvgIpc) is 1.00. The van der Waals surface area contributed by atoms with E-state index in [2.05, 4.69) is 0 Å². The van der Waals surface area contributed by atoms with E-state index in [0.717, 1.165) is 0 Å². The standard InChI is InChI=1S/Ga.GeH4.In.O.Pb.Sn.Zn.10H/h;1H4;;;;;;;;;;;;;;;. The van der Waals surface area contributed by atoms with Crippen molar-refractivity contribution in [2.24, 2.45) is 0 Å². The Morgan fingerprint density at radius 3 is 1.14 bits per heavy atom. The van der Waals surface area contributed by atoms with E-state index >= 15 is 0 Å². The van der Waals surface area contributed by atoms with Gasteiger partial charge < -0.3 is 0 Å². The van der Waals surface area contributed by atoms with E-state index in [1.165, 1.54) is 0 Å². The molecular weight excluding hydrogens is 664 g/mol. The van der Waals surface area contributed by atoms with E-state index in [9.17, 15) is 0 Å². The van der Waals surface area contributed by atoms with Crippen LogP contribution in [0, 0.1) is 0 Å². The van der Waals surface area contributed by atoms with Crippen LogP contribution < -0.4 is 0 Å². The Morgan fingerprint density at radius 2 is 1.14 bits per heavy atom. The molecule has 0 saturated carbocycles. The first-order valence-corrected chi connectivity index (χ1v) is 1.79. The van der Waals surface area contributed by atoms with Crippen molar-refractivity contribution in [3.8, 4) is 0 Å². The Hall–Kier alpha value is 4.19. The van der Waals surface area contributed by atoms with E-state index in [1.54, 1.807) is 0 Å². The first-order chi connectivity index (χ1) is 1.00. The van der Waals surface area contributed by atoms with Crippen LogP contribution in [0.25, 0.3) is 0 Å². The second-order valence-electron chi connectivity index (χ2n) is 0. The number of hydrogen-bond donors (Lipinski definition) is 0. The topological polar surface area (TPSA) is 17.1 Å². The molecule has 0 spiro atoms. The van der Waals surface area contributed by atoms with Crippen LogP contribution in [-0.4, -0.2) is 113 Å². The van der Waals surface area contributed by atoms with Gasteiger partial charge in [0.05, 0.1) is 0 Å². The van der Waals surface area contributed by atoms with Crippen molar-refractivity contribution < 1.29 is 22.2 Å². The van der Waals surface area contributed by atoms with E-state index in [4.69, 9.17) is 2.69 Å². The summed E-state index contributed by atoms with van der Waals surface area (Å²) in [6.07, 6.45) is 0. The molecule has 1 nitrogen and oxygen atoms in total. The predicted octanol–water partition coefficient (Wildman–Crippen LogP) is -5.77. The predicted molar refractivity (Wildman–Crippen MR) is 49.0 cm³/mol. The van der Waals surface area contributed by atoms with E-state index in [0.29, 0.717) is 0 Å². The SMILES string of the molecule is [GaH3].[GeH4].[InH3].[O]=[Pb].[SnH4].[Zn].